The van der Waals surface area contributed by atoms with E-state index in [0.29, 0.717) is 10.6 Å². The summed E-state index contributed by atoms with van der Waals surface area (Å²) in [4.78, 5) is 28.3. The van der Waals surface area contributed by atoms with Crippen molar-refractivity contribution in [2.24, 2.45) is 0 Å². The Kier molecular flexibility index (Phi) is 5.63. The zero-order chi connectivity index (χ0) is 23.0. The Bertz CT molecular complexity index is 1240. The fourth-order valence-electron chi connectivity index (χ4n) is 3.80. The molecule has 2 N–H and O–H groups in total. The van der Waals surface area contributed by atoms with Crippen molar-refractivity contribution >= 4 is 34.5 Å². The maximum Gasteiger partial charge on any atom is 0.300 e. The largest absolute Gasteiger partial charge is 0.507 e. The van der Waals surface area contributed by atoms with Crippen LogP contribution in [0, 0.1) is 6.92 Å². The zero-order valence-corrected chi connectivity index (χ0v) is 18.5. The lowest BCUT2D eigenvalue weighted by Crippen LogP contribution is -2.29. The number of anilines is 1. The SMILES string of the molecule is COc1ccc(/C(O)=C2\C(=O)C(=O)N(c3ccccc3O)C2c2sccc2C)c(OC)c1. The van der Waals surface area contributed by atoms with Crippen molar-refractivity contribution in [3.05, 3.63) is 75.5 Å². The van der Waals surface area contributed by atoms with E-state index in [2.05, 4.69) is 0 Å². The molecule has 1 atom stereocenters. The summed E-state index contributed by atoms with van der Waals surface area (Å²) in [5, 5.41) is 23.6. The third-order valence-electron chi connectivity index (χ3n) is 5.40. The number of para-hydroxylation sites is 2. The molecule has 1 aromatic heterocycles. The van der Waals surface area contributed by atoms with Gasteiger partial charge in [0.25, 0.3) is 11.7 Å². The molecule has 2 heterocycles. The molecule has 1 fully saturated rings. The third kappa shape index (κ3) is 3.38. The highest BCUT2D eigenvalue weighted by Gasteiger charge is 2.48. The Morgan fingerprint density at radius 3 is 2.44 bits per heavy atom. The van der Waals surface area contributed by atoms with Crippen LogP contribution in [0.15, 0.2) is 59.5 Å². The quantitative estimate of drug-likeness (QED) is 0.339. The highest BCUT2D eigenvalue weighted by Crippen LogP contribution is 2.47. The second-order valence-corrected chi connectivity index (χ2v) is 8.14. The van der Waals surface area contributed by atoms with E-state index in [-0.39, 0.29) is 34.1 Å². The van der Waals surface area contributed by atoms with E-state index >= 15 is 0 Å². The lowest BCUT2D eigenvalue weighted by molar-refractivity contribution is -0.132. The van der Waals surface area contributed by atoms with Crippen LogP contribution in [0.25, 0.3) is 5.76 Å². The molecule has 0 aliphatic carbocycles. The van der Waals surface area contributed by atoms with Crippen LogP contribution < -0.4 is 14.4 Å². The van der Waals surface area contributed by atoms with Crippen LogP contribution >= 0.6 is 11.3 Å². The van der Waals surface area contributed by atoms with E-state index in [4.69, 9.17) is 9.47 Å². The lowest BCUT2D eigenvalue weighted by Gasteiger charge is -2.25. The molecule has 2 aromatic carbocycles. The molecule has 1 unspecified atom stereocenters. The van der Waals surface area contributed by atoms with Gasteiger partial charge in [-0.25, -0.2) is 0 Å². The minimum absolute atomic E-state index is 0.0766. The van der Waals surface area contributed by atoms with Crippen molar-refractivity contribution in [2.75, 3.05) is 19.1 Å². The number of rotatable bonds is 5. The van der Waals surface area contributed by atoms with Crippen molar-refractivity contribution in [3.8, 4) is 17.2 Å². The molecule has 3 aromatic rings. The zero-order valence-electron chi connectivity index (χ0n) is 17.7. The normalized spacial score (nSPS) is 17.6. The van der Waals surface area contributed by atoms with Crippen LogP contribution in [0.2, 0.25) is 0 Å². The van der Waals surface area contributed by atoms with E-state index in [1.165, 1.54) is 36.5 Å². The monoisotopic (exact) mass is 451 g/mol. The first-order chi connectivity index (χ1) is 15.4. The molecule has 8 heteroatoms. The molecule has 0 saturated carbocycles. The van der Waals surface area contributed by atoms with Gasteiger partial charge in [0.15, 0.2) is 0 Å². The van der Waals surface area contributed by atoms with Crippen LogP contribution in [-0.2, 0) is 9.59 Å². The number of methoxy groups -OCH3 is 2. The van der Waals surface area contributed by atoms with Crippen molar-refractivity contribution < 1.29 is 29.3 Å². The number of benzene rings is 2. The number of phenolic OH excluding ortho intramolecular Hbond substituents is 1. The number of aryl methyl sites for hydroxylation is 1. The highest BCUT2D eigenvalue weighted by molar-refractivity contribution is 7.10. The van der Waals surface area contributed by atoms with Crippen LogP contribution in [0.4, 0.5) is 5.69 Å². The molecule has 1 aliphatic rings. The first-order valence-electron chi connectivity index (χ1n) is 9.74. The van der Waals surface area contributed by atoms with Crippen molar-refractivity contribution in [1.82, 2.24) is 0 Å². The summed E-state index contributed by atoms with van der Waals surface area (Å²) >= 11 is 1.36. The number of carbonyl (C=O) groups is 2. The Morgan fingerprint density at radius 2 is 1.81 bits per heavy atom. The van der Waals surface area contributed by atoms with Gasteiger partial charge in [0.1, 0.15) is 29.0 Å². The smallest absolute Gasteiger partial charge is 0.300 e. The number of phenols is 1. The number of aliphatic hydroxyl groups is 1. The van der Waals surface area contributed by atoms with E-state index < -0.39 is 17.7 Å². The predicted molar refractivity (Wildman–Crippen MR) is 121 cm³/mol. The number of Topliss-reactive ketones (excluding diaryl/α,β-unsaturated/α-hetero) is 1. The van der Waals surface area contributed by atoms with Crippen molar-refractivity contribution in [3.63, 3.8) is 0 Å². The average Bonchev–Trinajstić information content (AvgIpc) is 3.33. The predicted octanol–water partition coefficient (Wildman–Crippen LogP) is 4.41. The minimum atomic E-state index is -0.907. The Labute approximate surface area is 188 Å². The topological polar surface area (TPSA) is 96.3 Å². The molecule has 0 bridgehead atoms. The van der Waals surface area contributed by atoms with Crippen molar-refractivity contribution in [1.29, 1.82) is 0 Å². The first-order valence-corrected chi connectivity index (χ1v) is 10.6. The number of ketones is 1. The summed E-state index contributed by atoms with van der Waals surface area (Å²) < 4.78 is 10.6. The molecule has 4 rings (SSSR count). The Morgan fingerprint density at radius 1 is 1.06 bits per heavy atom. The van der Waals surface area contributed by atoms with Crippen molar-refractivity contribution in [2.45, 2.75) is 13.0 Å². The number of amides is 1. The number of hydrogen-bond donors (Lipinski definition) is 2. The molecule has 1 aliphatic heterocycles. The summed E-state index contributed by atoms with van der Waals surface area (Å²) in [5.41, 5.74) is 1.22. The molecule has 0 spiro atoms. The number of carbonyl (C=O) groups excluding carboxylic acids is 2. The maximum absolute atomic E-state index is 13.2. The van der Waals surface area contributed by atoms with E-state index in [9.17, 15) is 19.8 Å². The van der Waals surface area contributed by atoms with Gasteiger partial charge in [-0.05, 0) is 48.2 Å². The first kappa shape index (κ1) is 21.5. The number of thiophene rings is 1. The molecule has 1 amide bonds. The Balaban J connectivity index is 1.99. The van der Waals surface area contributed by atoms with Gasteiger partial charge in [-0.15, -0.1) is 11.3 Å². The summed E-state index contributed by atoms with van der Waals surface area (Å²) in [6.07, 6.45) is 0. The van der Waals surface area contributed by atoms with Gasteiger partial charge in [-0.2, -0.15) is 0 Å². The van der Waals surface area contributed by atoms with E-state index in [0.717, 1.165) is 5.56 Å². The highest BCUT2D eigenvalue weighted by atomic mass is 32.1. The summed E-state index contributed by atoms with van der Waals surface area (Å²) in [7, 11) is 2.94. The van der Waals surface area contributed by atoms with Gasteiger partial charge >= 0.3 is 0 Å². The number of nitrogens with zero attached hydrogens (tertiary/aromatic N) is 1. The maximum atomic E-state index is 13.2. The molecule has 1 saturated heterocycles. The van der Waals surface area contributed by atoms with Gasteiger partial charge in [0, 0.05) is 10.9 Å². The molecule has 32 heavy (non-hydrogen) atoms. The molecular formula is C24H21NO6S. The standard InChI is InChI=1S/C24H21NO6S/c1-13-10-11-32-23(13)20-19(21(27)15-9-8-14(30-2)12-18(15)31-3)22(28)24(29)25(20)16-6-4-5-7-17(16)26/h4-12,20,26-27H,1-3H3/b21-19+. The second kappa shape index (κ2) is 8.39. The van der Waals surface area contributed by atoms with Crippen LogP contribution in [-0.4, -0.2) is 36.1 Å². The third-order valence-corrected chi connectivity index (χ3v) is 6.47. The summed E-state index contributed by atoms with van der Waals surface area (Å²) in [5.74, 6) is -1.38. The molecule has 7 nitrogen and oxygen atoms in total. The fourth-order valence-corrected chi connectivity index (χ4v) is 4.83. The van der Waals surface area contributed by atoms with Gasteiger partial charge in [0.2, 0.25) is 0 Å². The number of hydrogen-bond acceptors (Lipinski definition) is 7. The van der Waals surface area contributed by atoms with Crippen LogP contribution in [0.1, 0.15) is 22.0 Å². The van der Waals surface area contributed by atoms with Crippen LogP contribution in [0.5, 0.6) is 17.2 Å². The second-order valence-electron chi connectivity index (χ2n) is 7.19. The fraction of sp³-hybridized carbons (Fsp3) is 0.167. The number of aliphatic hydroxyl groups excluding tert-OH is 1. The van der Waals surface area contributed by atoms with E-state index in [1.807, 2.05) is 18.4 Å². The average molecular weight is 452 g/mol. The van der Waals surface area contributed by atoms with Gasteiger partial charge < -0.3 is 19.7 Å². The van der Waals surface area contributed by atoms with E-state index in [1.54, 1.807) is 36.4 Å². The lowest BCUT2D eigenvalue weighted by atomic mass is 9.97. The van der Waals surface area contributed by atoms with Gasteiger partial charge in [-0.3, -0.25) is 14.5 Å². The molecule has 164 valence electrons. The Hall–Kier alpha value is -3.78. The van der Waals surface area contributed by atoms with Crippen LogP contribution in [0.3, 0.4) is 0 Å². The summed E-state index contributed by atoms with van der Waals surface area (Å²) in [6.45, 7) is 1.87. The van der Waals surface area contributed by atoms with Gasteiger partial charge in [0.05, 0.1) is 31.0 Å². The number of ether oxygens (including phenoxy) is 2. The summed E-state index contributed by atoms with van der Waals surface area (Å²) in [6, 6.07) is 12.0. The molecule has 0 radical (unpaired) electrons. The van der Waals surface area contributed by atoms with Gasteiger partial charge in [-0.1, -0.05) is 12.1 Å². The molecular weight excluding hydrogens is 430 g/mol. The minimum Gasteiger partial charge on any atom is -0.507 e. The number of aromatic hydroxyl groups is 1.